The van der Waals surface area contributed by atoms with Crippen molar-refractivity contribution in [1.82, 2.24) is 15.5 Å². The Bertz CT molecular complexity index is 491. The minimum Gasteiger partial charge on any atom is -0.508 e. The lowest BCUT2D eigenvalue weighted by atomic mass is 10.2. The van der Waals surface area contributed by atoms with Crippen molar-refractivity contribution in [3.8, 4) is 17.1 Å². The number of nitrogens with zero attached hydrogens (tertiary/aromatic N) is 2. The Kier molecular flexibility index (Phi) is 3.52. The van der Waals surface area contributed by atoms with Crippen molar-refractivity contribution in [2.75, 3.05) is 6.54 Å². The van der Waals surface area contributed by atoms with Gasteiger partial charge in [0, 0.05) is 12.1 Å². The van der Waals surface area contributed by atoms with Gasteiger partial charge in [-0.25, -0.2) is 0 Å². The van der Waals surface area contributed by atoms with Gasteiger partial charge in [-0.15, -0.1) is 6.58 Å². The average molecular weight is 231 g/mol. The topological polar surface area (TPSA) is 71.2 Å². The summed E-state index contributed by atoms with van der Waals surface area (Å²) in [7, 11) is 0. The molecule has 0 saturated heterocycles. The van der Waals surface area contributed by atoms with E-state index in [1.165, 1.54) is 0 Å². The quantitative estimate of drug-likeness (QED) is 0.605. The van der Waals surface area contributed by atoms with Crippen LogP contribution in [0.25, 0.3) is 11.4 Å². The van der Waals surface area contributed by atoms with E-state index >= 15 is 0 Å². The number of rotatable bonds is 5. The summed E-state index contributed by atoms with van der Waals surface area (Å²) in [6.45, 7) is 4.80. The zero-order valence-corrected chi connectivity index (χ0v) is 9.26. The van der Waals surface area contributed by atoms with Gasteiger partial charge in [0.15, 0.2) is 0 Å². The molecule has 0 fully saturated rings. The Morgan fingerprint density at radius 3 is 2.82 bits per heavy atom. The van der Waals surface area contributed by atoms with E-state index in [4.69, 9.17) is 9.63 Å². The molecule has 0 aliphatic heterocycles. The number of nitrogens with one attached hydrogen (secondary N) is 1. The van der Waals surface area contributed by atoms with Crippen LogP contribution in [0.1, 0.15) is 5.89 Å². The highest BCUT2D eigenvalue weighted by atomic mass is 16.5. The molecule has 0 amide bonds. The van der Waals surface area contributed by atoms with Gasteiger partial charge in [-0.3, -0.25) is 0 Å². The number of aromatic hydroxyl groups is 1. The second kappa shape index (κ2) is 5.27. The lowest BCUT2D eigenvalue weighted by Crippen LogP contribution is -2.12. The molecule has 5 nitrogen and oxygen atoms in total. The summed E-state index contributed by atoms with van der Waals surface area (Å²) < 4.78 is 5.08. The zero-order valence-electron chi connectivity index (χ0n) is 9.26. The summed E-state index contributed by atoms with van der Waals surface area (Å²) >= 11 is 0. The predicted molar refractivity (Wildman–Crippen MR) is 63.3 cm³/mol. The van der Waals surface area contributed by atoms with E-state index in [1.54, 1.807) is 30.3 Å². The highest BCUT2D eigenvalue weighted by Gasteiger charge is 2.07. The molecule has 0 atom stereocenters. The van der Waals surface area contributed by atoms with E-state index in [2.05, 4.69) is 22.0 Å². The molecule has 2 rings (SSSR count). The van der Waals surface area contributed by atoms with Gasteiger partial charge in [0.25, 0.3) is 0 Å². The zero-order chi connectivity index (χ0) is 12.1. The van der Waals surface area contributed by atoms with Gasteiger partial charge >= 0.3 is 0 Å². The molecule has 0 saturated carbocycles. The minimum absolute atomic E-state index is 0.213. The molecular weight excluding hydrogens is 218 g/mol. The highest BCUT2D eigenvalue weighted by Crippen LogP contribution is 2.18. The molecule has 0 aliphatic carbocycles. The van der Waals surface area contributed by atoms with Gasteiger partial charge in [-0.1, -0.05) is 11.2 Å². The van der Waals surface area contributed by atoms with Gasteiger partial charge in [0.1, 0.15) is 5.75 Å². The second-order valence-electron chi connectivity index (χ2n) is 3.48. The molecule has 1 aromatic heterocycles. The van der Waals surface area contributed by atoms with Gasteiger partial charge in [-0.05, 0) is 24.3 Å². The Balaban J connectivity index is 2.07. The predicted octanol–water partition coefficient (Wildman–Crippen LogP) is 1.72. The van der Waals surface area contributed by atoms with E-state index in [1.807, 2.05) is 0 Å². The van der Waals surface area contributed by atoms with Crippen molar-refractivity contribution in [3.05, 3.63) is 42.8 Å². The Morgan fingerprint density at radius 2 is 2.12 bits per heavy atom. The first-order valence-electron chi connectivity index (χ1n) is 5.23. The lowest BCUT2D eigenvalue weighted by Gasteiger charge is -1.94. The second-order valence-corrected chi connectivity index (χ2v) is 3.48. The molecule has 0 unspecified atom stereocenters. The first-order valence-corrected chi connectivity index (χ1v) is 5.23. The lowest BCUT2D eigenvalue weighted by molar-refractivity contribution is 0.370. The van der Waals surface area contributed by atoms with Crippen LogP contribution < -0.4 is 5.32 Å². The SMILES string of the molecule is C=CCNCc1nc(-c2ccc(O)cc2)no1. The smallest absolute Gasteiger partial charge is 0.240 e. The van der Waals surface area contributed by atoms with E-state index in [-0.39, 0.29) is 5.75 Å². The number of hydrogen-bond acceptors (Lipinski definition) is 5. The average Bonchev–Trinajstić information content (AvgIpc) is 2.79. The normalized spacial score (nSPS) is 10.4. The third kappa shape index (κ3) is 2.92. The van der Waals surface area contributed by atoms with Crippen molar-refractivity contribution >= 4 is 0 Å². The van der Waals surface area contributed by atoms with E-state index < -0.39 is 0 Å². The summed E-state index contributed by atoms with van der Waals surface area (Å²) in [6, 6.07) is 6.64. The number of benzene rings is 1. The fourth-order valence-corrected chi connectivity index (χ4v) is 1.34. The summed E-state index contributed by atoms with van der Waals surface area (Å²) in [5.41, 5.74) is 0.807. The minimum atomic E-state index is 0.213. The van der Waals surface area contributed by atoms with Crippen molar-refractivity contribution in [2.24, 2.45) is 0 Å². The fourth-order valence-electron chi connectivity index (χ4n) is 1.34. The summed E-state index contributed by atoms with van der Waals surface area (Å²) in [5.74, 6) is 1.25. The Hall–Kier alpha value is -2.14. The highest BCUT2D eigenvalue weighted by molar-refractivity contribution is 5.55. The van der Waals surface area contributed by atoms with E-state index in [0.29, 0.717) is 24.8 Å². The Labute approximate surface area is 98.8 Å². The van der Waals surface area contributed by atoms with Crippen LogP contribution in [-0.4, -0.2) is 21.8 Å². The molecule has 0 aliphatic rings. The Morgan fingerprint density at radius 1 is 1.35 bits per heavy atom. The molecule has 2 aromatic rings. The molecule has 1 aromatic carbocycles. The van der Waals surface area contributed by atoms with Gasteiger partial charge in [-0.2, -0.15) is 4.98 Å². The standard InChI is InChI=1S/C12H13N3O2/c1-2-7-13-8-11-14-12(15-17-11)9-3-5-10(16)6-4-9/h2-6,13,16H,1,7-8H2. The van der Waals surface area contributed by atoms with Gasteiger partial charge in [0.05, 0.1) is 6.54 Å². The van der Waals surface area contributed by atoms with E-state index in [9.17, 15) is 0 Å². The summed E-state index contributed by atoms with van der Waals surface area (Å²) in [6.07, 6.45) is 1.76. The largest absolute Gasteiger partial charge is 0.508 e. The molecule has 0 radical (unpaired) electrons. The van der Waals surface area contributed by atoms with Crippen LogP contribution in [0.5, 0.6) is 5.75 Å². The van der Waals surface area contributed by atoms with Crippen molar-refractivity contribution in [1.29, 1.82) is 0 Å². The van der Waals surface area contributed by atoms with E-state index in [0.717, 1.165) is 5.56 Å². The molecule has 5 heteroatoms. The maximum absolute atomic E-state index is 9.17. The molecule has 0 bridgehead atoms. The third-order valence-corrected chi connectivity index (χ3v) is 2.16. The van der Waals surface area contributed by atoms with Crippen LogP contribution in [0.4, 0.5) is 0 Å². The number of hydrogen-bond donors (Lipinski definition) is 2. The molecule has 1 heterocycles. The fraction of sp³-hybridized carbons (Fsp3) is 0.167. The molecule has 17 heavy (non-hydrogen) atoms. The first kappa shape index (κ1) is 11.3. The molecule has 88 valence electrons. The van der Waals surface area contributed by atoms with Crippen LogP contribution in [0.3, 0.4) is 0 Å². The maximum Gasteiger partial charge on any atom is 0.240 e. The number of phenols is 1. The van der Waals surface area contributed by atoms with Crippen molar-refractivity contribution in [3.63, 3.8) is 0 Å². The van der Waals surface area contributed by atoms with Crippen molar-refractivity contribution < 1.29 is 9.63 Å². The molecule has 0 spiro atoms. The van der Waals surface area contributed by atoms with Crippen LogP contribution in [0.15, 0.2) is 41.4 Å². The number of phenolic OH excluding ortho intramolecular Hbond substituents is 1. The van der Waals surface area contributed by atoms with Crippen LogP contribution in [0.2, 0.25) is 0 Å². The summed E-state index contributed by atoms with van der Waals surface area (Å²) in [5, 5.41) is 16.1. The number of aromatic nitrogens is 2. The maximum atomic E-state index is 9.17. The summed E-state index contributed by atoms with van der Waals surface area (Å²) in [4.78, 5) is 4.23. The first-order chi connectivity index (χ1) is 8.29. The van der Waals surface area contributed by atoms with Crippen LogP contribution in [-0.2, 0) is 6.54 Å². The monoisotopic (exact) mass is 231 g/mol. The van der Waals surface area contributed by atoms with Gasteiger partial charge < -0.3 is 14.9 Å². The van der Waals surface area contributed by atoms with Gasteiger partial charge in [0.2, 0.25) is 11.7 Å². The third-order valence-electron chi connectivity index (χ3n) is 2.16. The molecule has 2 N–H and O–H groups in total. The molecular formula is C12H13N3O2. The van der Waals surface area contributed by atoms with Crippen LogP contribution in [0, 0.1) is 0 Å². The van der Waals surface area contributed by atoms with Crippen molar-refractivity contribution in [2.45, 2.75) is 6.54 Å². The van der Waals surface area contributed by atoms with Crippen LogP contribution >= 0.6 is 0 Å².